The summed E-state index contributed by atoms with van der Waals surface area (Å²) in [5, 5.41) is 15.8. The summed E-state index contributed by atoms with van der Waals surface area (Å²) in [6, 6.07) is 3.38. The highest BCUT2D eigenvalue weighted by molar-refractivity contribution is 5.94. The highest BCUT2D eigenvalue weighted by Crippen LogP contribution is 2.35. The van der Waals surface area contributed by atoms with Gasteiger partial charge in [0.2, 0.25) is 5.91 Å². The van der Waals surface area contributed by atoms with Crippen molar-refractivity contribution < 1.29 is 14.3 Å². The predicted octanol–water partition coefficient (Wildman–Crippen LogP) is 3.12. The molecule has 1 aliphatic rings. The van der Waals surface area contributed by atoms with Crippen LogP contribution in [0.1, 0.15) is 37.1 Å². The molecule has 3 aromatic rings. The Morgan fingerprint density at radius 2 is 2.00 bits per heavy atom. The van der Waals surface area contributed by atoms with E-state index in [1.54, 1.807) is 18.5 Å². The lowest BCUT2D eigenvalue weighted by Gasteiger charge is -2.14. The first-order valence-electron chi connectivity index (χ1n) is 9.96. The lowest BCUT2D eigenvalue weighted by molar-refractivity contribution is -0.117. The number of carbonyl (C=O) groups excluding carboxylic acids is 1. The molecule has 1 saturated carbocycles. The predicted molar refractivity (Wildman–Crippen MR) is 112 cm³/mol. The molecule has 0 saturated heterocycles. The van der Waals surface area contributed by atoms with Crippen LogP contribution in [0.4, 0.5) is 21.7 Å². The van der Waals surface area contributed by atoms with Gasteiger partial charge in [0.15, 0.2) is 5.82 Å². The number of anilines is 3. The first-order chi connectivity index (χ1) is 15.0. The highest BCUT2D eigenvalue weighted by Gasteiger charge is 2.43. The van der Waals surface area contributed by atoms with E-state index < -0.39 is 24.1 Å². The van der Waals surface area contributed by atoms with Gasteiger partial charge in [0.1, 0.15) is 24.0 Å². The molecule has 31 heavy (non-hydrogen) atoms. The molecule has 3 atom stereocenters. The minimum atomic E-state index is -1.08. The van der Waals surface area contributed by atoms with Crippen molar-refractivity contribution in [1.82, 2.24) is 24.9 Å². The van der Waals surface area contributed by atoms with Gasteiger partial charge in [0.05, 0.1) is 35.3 Å². The molecule has 1 fully saturated rings. The number of aryl methyl sites for hydroxylation is 1. The summed E-state index contributed by atoms with van der Waals surface area (Å²) in [6.07, 6.45) is 5.13. The minimum Gasteiger partial charge on any atom is -0.387 e. The van der Waals surface area contributed by atoms with Gasteiger partial charge < -0.3 is 15.7 Å². The Bertz CT molecular complexity index is 1110. The third-order valence-electron chi connectivity index (χ3n) is 5.02. The van der Waals surface area contributed by atoms with Crippen molar-refractivity contribution >= 4 is 23.2 Å². The first-order valence-corrected chi connectivity index (χ1v) is 9.96. The summed E-state index contributed by atoms with van der Waals surface area (Å²) < 4.78 is 13.1. The zero-order valence-electron chi connectivity index (χ0n) is 17.1. The lowest BCUT2D eigenvalue weighted by Crippen LogP contribution is -2.16. The summed E-state index contributed by atoms with van der Waals surface area (Å²) in [4.78, 5) is 33.3. The Morgan fingerprint density at radius 3 is 2.71 bits per heavy atom. The number of nitrogens with one attached hydrogen (secondary N) is 2. The zero-order chi connectivity index (χ0) is 22.0. The molecular weight excluding hydrogens is 401 g/mol. The van der Waals surface area contributed by atoms with Crippen LogP contribution in [0.5, 0.6) is 0 Å². The molecule has 0 aliphatic heterocycles. The number of aromatic nitrogens is 5. The van der Waals surface area contributed by atoms with Crippen molar-refractivity contribution in [1.29, 1.82) is 0 Å². The van der Waals surface area contributed by atoms with Crippen LogP contribution in [0.25, 0.3) is 11.4 Å². The second-order valence-electron chi connectivity index (χ2n) is 7.36. The Morgan fingerprint density at radius 1 is 1.23 bits per heavy atom. The number of nitrogens with zero attached hydrogens (tertiary/aromatic N) is 5. The van der Waals surface area contributed by atoms with E-state index in [2.05, 4.69) is 35.6 Å². The molecule has 4 rings (SSSR count). The van der Waals surface area contributed by atoms with Crippen molar-refractivity contribution in [3.05, 3.63) is 48.3 Å². The van der Waals surface area contributed by atoms with Crippen LogP contribution in [-0.2, 0) is 4.79 Å². The Hall–Kier alpha value is -3.53. The summed E-state index contributed by atoms with van der Waals surface area (Å²) in [6.45, 7) is 3.79. The Kier molecular flexibility index (Phi) is 5.81. The topological polar surface area (TPSA) is 126 Å². The van der Waals surface area contributed by atoms with Crippen LogP contribution < -0.4 is 10.6 Å². The van der Waals surface area contributed by atoms with E-state index in [-0.39, 0.29) is 12.2 Å². The van der Waals surface area contributed by atoms with Gasteiger partial charge in [-0.3, -0.25) is 9.78 Å². The number of rotatable bonds is 7. The lowest BCUT2D eigenvalue weighted by atomic mass is 10.1. The number of pyridine rings is 1. The van der Waals surface area contributed by atoms with E-state index in [1.807, 2.05) is 19.9 Å². The van der Waals surface area contributed by atoms with E-state index in [9.17, 15) is 14.3 Å². The van der Waals surface area contributed by atoms with Crippen molar-refractivity contribution in [3.63, 3.8) is 0 Å². The molecule has 0 unspecified atom stereocenters. The van der Waals surface area contributed by atoms with Crippen molar-refractivity contribution in [2.75, 3.05) is 10.6 Å². The van der Waals surface area contributed by atoms with Gasteiger partial charge in [-0.15, -0.1) is 0 Å². The first kappa shape index (κ1) is 20.7. The normalized spacial score (nSPS) is 18.3. The van der Waals surface area contributed by atoms with Crippen molar-refractivity contribution in [2.24, 2.45) is 5.92 Å². The molecular formula is C21H22FN7O2. The number of alkyl halides is 1. The molecule has 3 N–H and O–H groups in total. The van der Waals surface area contributed by atoms with Gasteiger partial charge in [-0.2, -0.15) is 0 Å². The van der Waals surface area contributed by atoms with Crippen molar-refractivity contribution in [2.45, 2.75) is 39.0 Å². The second kappa shape index (κ2) is 8.68. The van der Waals surface area contributed by atoms with E-state index in [4.69, 9.17) is 0 Å². The van der Waals surface area contributed by atoms with Crippen molar-refractivity contribution in [3.8, 4) is 11.4 Å². The highest BCUT2D eigenvalue weighted by atomic mass is 19.1. The van der Waals surface area contributed by atoms with Gasteiger partial charge in [0, 0.05) is 18.5 Å². The molecule has 0 spiro atoms. The van der Waals surface area contributed by atoms with E-state index in [1.165, 1.54) is 12.5 Å². The molecule has 9 nitrogen and oxygen atoms in total. The number of aliphatic hydroxyl groups excluding tert-OH is 1. The van der Waals surface area contributed by atoms with E-state index in [0.717, 1.165) is 5.56 Å². The minimum absolute atomic E-state index is 0.240. The summed E-state index contributed by atoms with van der Waals surface area (Å²) in [7, 11) is 0. The number of amides is 1. The summed E-state index contributed by atoms with van der Waals surface area (Å²) >= 11 is 0. The quantitative estimate of drug-likeness (QED) is 0.529. The third kappa shape index (κ3) is 4.64. The van der Waals surface area contributed by atoms with Gasteiger partial charge in [0.25, 0.3) is 0 Å². The standard InChI is InChI=1S/C21H22FN7O2/c1-3-17(30)14-6-11(2)16(9-25-14)28-20-19(23-4-5-24-20)15-8-18(27-10-26-15)29-21(31)12-7-13(12)22/h4-6,8-10,12-13,17,30H,3,7H2,1-2H3,(H,24,28)(H,26,27,29,31)/t12-,13+,17-/m0/s1. The maximum absolute atomic E-state index is 13.1. The molecule has 1 aliphatic carbocycles. The van der Waals surface area contributed by atoms with Crippen LogP contribution in [0, 0.1) is 12.8 Å². The summed E-state index contributed by atoms with van der Waals surface area (Å²) in [5.74, 6) is -0.304. The summed E-state index contributed by atoms with van der Waals surface area (Å²) in [5.41, 5.74) is 3.09. The monoisotopic (exact) mass is 423 g/mol. The molecule has 1 amide bonds. The Balaban J connectivity index is 1.58. The fourth-order valence-electron chi connectivity index (χ4n) is 3.05. The molecule has 10 heteroatoms. The molecule has 160 valence electrons. The fourth-order valence-corrected chi connectivity index (χ4v) is 3.05. The molecule has 0 radical (unpaired) electrons. The number of halogens is 1. The van der Waals surface area contributed by atoms with E-state index in [0.29, 0.717) is 35.0 Å². The van der Waals surface area contributed by atoms with Crippen LogP contribution >= 0.6 is 0 Å². The molecule has 0 bridgehead atoms. The average molecular weight is 423 g/mol. The molecule has 3 aromatic heterocycles. The smallest absolute Gasteiger partial charge is 0.231 e. The average Bonchev–Trinajstić information content (AvgIpc) is 3.52. The molecule has 3 heterocycles. The van der Waals surface area contributed by atoms with Gasteiger partial charge >= 0.3 is 0 Å². The maximum atomic E-state index is 13.1. The Labute approximate surface area is 178 Å². The number of aliphatic hydroxyl groups is 1. The van der Waals surface area contributed by atoms with Gasteiger partial charge in [-0.05, 0) is 31.4 Å². The van der Waals surface area contributed by atoms with Crippen LogP contribution in [0.2, 0.25) is 0 Å². The third-order valence-corrected chi connectivity index (χ3v) is 5.02. The fraction of sp³-hybridized carbons (Fsp3) is 0.333. The molecule has 0 aromatic carbocycles. The van der Waals surface area contributed by atoms with Crippen LogP contribution in [0.3, 0.4) is 0 Å². The number of hydrogen-bond acceptors (Lipinski definition) is 8. The van der Waals surface area contributed by atoms with E-state index >= 15 is 0 Å². The maximum Gasteiger partial charge on any atom is 0.231 e. The van der Waals surface area contributed by atoms with Crippen LogP contribution in [0.15, 0.2) is 37.1 Å². The largest absolute Gasteiger partial charge is 0.387 e. The number of hydrogen-bond donors (Lipinski definition) is 3. The zero-order valence-corrected chi connectivity index (χ0v) is 17.1. The van der Waals surface area contributed by atoms with Gasteiger partial charge in [-0.1, -0.05) is 6.92 Å². The second-order valence-corrected chi connectivity index (χ2v) is 7.36. The van der Waals surface area contributed by atoms with Crippen LogP contribution in [-0.4, -0.2) is 42.1 Å². The SMILES string of the molecule is CC[C@H](O)c1cc(C)c(Nc2nccnc2-c2cc(NC(=O)[C@H]3C[C@H]3F)ncn2)cn1. The number of carbonyl (C=O) groups is 1. The van der Waals surface area contributed by atoms with Gasteiger partial charge in [-0.25, -0.2) is 24.3 Å².